The van der Waals surface area contributed by atoms with Gasteiger partial charge in [0.25, 0.3) is 5.56 Å². The predicted octanol–water partition coefficient (Wildman–Crippen LogP) is 4.43. The number of halogens is 5. The smallest absolute Gasteiger partial charge is 0.431 e. The van der Waals surface area contributed by atoms with Gasteiger partial charge in [0.05, 0.1) is 17.8 Å². The molecule has 0 aliphatic carbocycles. The van der Waals surface area contributed by atoms with Gasteiger partial charge in [0.2, 0.25) is 0 Å². The van der Waals surface area contributed by atoms with Crippen LogP contribution in [0.3, 0.4) is 0 Å². The molecular weight excluding hydrogens is 536 g/mol. The van der Waals surface area contributed by atoms with E-state index in [0.29, 0.717) is 17.7 Å². The van der Waals surface area contributed by atoms with Crippen molar-refractivity contribution in [1.82, 2.24) is 9.13 Å². The minimum atomic E-state index is -4.97. The topological polar surface area (TPSA) is 88.8 Å². The molecule has 3 rings (SSSR count). The first-order valence-electron chi connectivity index (χ1n) is 11.2. The monoisotopic (exact) mass is 558 g/mol. The molecule has 8 nitrogen and oxygen atoms in total. The van der Waals surface area contributed by atoms with Crippen molar-refractivity contribution in [3.05, 3.63) is 84.9 Å². The maximum absolute atomic E-state index is 14.8. The van der Waals surface area contributed by atoms with E-state index in [1.807, 2.05) is 6.92 Å². The number of benzene rings is 2. The van der Waals surface area contributed by atoms with Gasteiger partial charge in [-0.15, -0.1) is 0 Å². The van der Waals surface area contributed by atoms with E-state index in [9.17, 15) is 31.9 Å². The predicted molar refractivity (Wildman–Crippen MR) is 130 cm³/mol. The zero-order valence-corrected chi connectivity index (χ0v) is 21.4. The Balaban J connectivity index is 2.01. The van der Waals surface area contributed by atoms with Crippen LogP contribution in [-0.2, 0) is 35.8 Å². The van der Waals surface area contributed by atoms with Crippen molar-refractivity contribution < 1.29 is 36.6 Å². The van der Waals surface area contributed by atoms with Crippen LogP contribution in [-0.4, -0.2) is 28.3 Å². The van der Waals surface area contributed by atoms with Gasteiger partial charge in [0.1, 0.15) is 29.6 Å². The average Bonchev–Trinajstić information content (AvgIpc) is 2.85. The molecule has 2 aromatic carbocycles. The lowest BCUT2D eigenvalue weighted by Crippen LogP contribution is -2.41. The van der Waals surface area contributed by atoms with E-state index in [1.165, 1.54) is 14.0 Å². The van der Waals surface area contributed by atoms with Crippen molar-refractivity contribution in [2.45, 2.75) is 39.2 Å². The molecule has 0 spiro atoms. The molecule has 204 valence electrons. The summed E-state index contributed by atoms with van der Waals surface area (Å²) in [6.45, 7) is 3.23. The van der Waals surface area contributed by atoms with E-state index in [2.05, 4.69) is 4.74 Å². The average molecular weight is 559 g/mol. The zero-order valence-electron chi connectivity index (χ0n) is 20.7. The van der Waals surface area contributed by atoms with Crippen LogP contribution in [0.25, 0.3) is 5.69 Å². The van der Waals surface area contributed by atoms with Crippen LogP contribution in [0.5, 0.6) is 11.5 Å². The maximum Gasteiger partial charge on any atom is 0.431 e. The molecule has 13 heteroatoms. The fourth-order valence-corrected chi connectivity index (χ4v) is 3.73. The number of hydrogen-bond donors (Lipinski definition) is 0. The summed E-state index contributed by atoms with van der Waals surface area (Å²) in [4.78, 5) is 36.9. The first-order chi connectivity index (χ1) is 17.8. The third-order valence-electron chi connectivity index (χ3n) is 5.61. The Morgan fingerprint density at radius 1 is 1.11 bits per heavy atom. The lowest BCUT2D eigenvalue weighted by molar-refractivity contribution is -0.148. The number of aromatic nitrogens is 2. The van der Waals surface area contributed by atoms with Crippen molar-refractivity contribution in [1.29, 1.82) is 0 Å². The number of carbonyl (C=O) groups is 1. The molecule has 38 heavy (non-hydrogen) atoms. The molecule has 0 radical (unpaired) electrons. The van der Waals surface area contributed by atoms with E-state index < -0.39 is 46.7 Å². The molecule has 0 fully saturated rings. The number of rotatable bonds is 8. The zero-order chi connectivity index (χ0) is 28.4. The molecule has 1 unspecified atom stereocenters. The third-order valence-corrected chi connectivity index (χ3v) is 5.91. The molecular formula is C25H23ClF4N2O6. The Hall–Kier alpha value is -3.80. The largest absolute Gasteiger partial charge is 0.487 e. The summed E-state index contributed by atoms with van der Waals surface area (Å²) >= 11 is 6.11. The van der Waals surface area contributed by atoms with Crippen LogP contribution in [0.15, 0.2) is 46.0 Å². The molecule has 3 aromatic rings. The van der Waals surface area contributed by atoms with Gasteiger partial charge in [-0.05, 0) is 31.0 Å². The van der Waals surface area contributed by atoms with E-state index in [4.69, 9.17) is 21.1 Å². The second kappa shape index (κ2) is 11.3. The molecule has 0 amide bonds. The number of methoxy groups -OCH3 is 1. The Labute approximate surface area is 218 Å². The van der Waals surface area contributed by atoms with Gasteiger partial charge in [-0.1, -0.05) is 30.7 Å². The van der Waals surface area contributed by atoms with Crippen molar-refractivity contribution in [3.8, 4) is 17.2 Å². The summed E-state index contributed by atoms with van der Waals surface area (Å²) in [7, 11) is 2.03. The van der Waals surface area contributed by atoms with E-state index in [0.717, 1.165) is 24.7 Å². The minimum absolute atomic E-state index is 0.163. The number of esters is 1. The molecule has 0 N–H and O–H groups in total. The number of aryl methyl sites for hydroxylation is 1. The standard InChI is InChI=1S/C25H23ClF4N2O6/c1-5-14-6-7-15(19(8-14)38-13(2)23(34)36-4)12-37-20-10-18(17(27)9-16(20)26)32-22(33)11-21(25(28,29)30)31(3)24(32)35/h6-11,13H,5,12H2,1-4H3. The van der Waals surface area contributed by atoms with E-state index in [-0.39, 0.29) is 32.6 Å². The molecule has 0 aliphatic rings. The Bertz CT molecular complexity index is 1480. The fourth-order valence-electron chi connectivity index (χ4n) is 3.53. The molecule has 1 heterocycles. The summed E-state index contributed by atoms with van der Waals surface area (Å²) in [5, 5.41) is -0.224. The second-order valence-corrected chi connectivity index (χ2v) is 8.55. The van der Waals surface area contributed by atoms with Crippen LogP contribution < -0.4 is 20.7 Å². The van der Waals surface area contributed by atoms with Crippen LogP contribution in [0.4, 0.5) is 17.6 Å². The first-order valence-corrected chi connectivity index (χ1v) is 11.5. The molecule has 0 saturated carbocycles. The van der Waals surface area contributed by atoms with E-state index >= 15 is 0 Å². The highest BCUT2D eigenvalue weighted by atomic mass is 35.5. The van der Waals surface area contributed by atoms with Crippen molar-refractivity contribution >= 4 is 17.6 Å². The van der Waals surface area contributed by atoms with Gasteiger partial charge in [-0.3, -0.25) is 9.36 Å². The lowest BCUT2D eigenvalue weighted by Gasteiger charge is -2.18. The van der Waals surface area contributed by atoms with Crippen LogP contribution >= 0.6 is 11.6 Å². The highest BCUT2D eigenvalue weighted by molar-refractivity contribution is 6.32. The first kappa shape index (κ1) is 28.8. The number of ether oxygens (including phenoxy) is 3. The third kappa shape index (κ3) is 6.01. The summed E-state index contributed by atoms with van der Waals surface area (Å²) in [6, 6.07) is 7.10. The van der Waals surface area contributed by atoms with Crippen LogP contribution in [0.1, 0.15) is 30.7 Å². The summed E-state index contributed by atoms with van der Waals surface area (Å²) < 4.78 is 70.8. The molecule has 1 atom stereocenters. The van der Waals surface area contributed by atoms with Gasteiger partial charge >= 0.3 is 17.8 Å². The number of alkyl halides is 3. The van der Waals surface area contributed by atoms with Crippen LogP contribution in [0.2, 0.25) is 5.02 Å². The van der Waals surface area contributed by atoms with Gasteiger partial charge in [-0.25, -0.2) is 18.5 Å². The van der Waals surface area contributed by atoms with E-state index in [1.54, 1.807) is 18.2 Å². The SMILES string of the molecule is CCc1ccc(COc2cc(-n3c(=O)cc(C(F)(F)F)n(C)c3=O)c(F)cc2Cl)c(OC(C)C(=O)OC)c1. The quantitative estimate of drug-likeness (QED) is 0.300. The van der Waals surface area contributed by atoms with Gasteiger partial charge in [0.15, 0.2) is 6.10 Å². The Kier molecular flexibility index (Phi) is 8.55. The van der Waals surface area contributed by atoms with Crippen molar-refractivity contribution in [3.63, 3.8) is 0 Å². The van der Waals surface area contributed by atoms with Gasteiger partial charge in [-0.2, -0.15) is 13.2 Å². The van der Waals surface area contributed by atoms with Crippen molar-refractivity contribution in [2.75, 3.05) is 7.11 Å². The maximum atomic E-state index is 14.8. The second-order valence-electron chi connectivity index (χ2n) is 8.14. The number of nitrogens with zero attached hydrogens (tertiary/aromatic N) is 2. The summed E-state index contributed by atoms with van der Waals surface area (Å²) in [5.41, 5.74) is -3.57. The van der Waals surface area contributed by atoms with Crippen molar-refractivity contribution in [2.24, 2.45) is 7.05 Å². The lowest BCUT2D eigenvalue weighted by atomic mass is 10.1. The summed E-state index contributed by atoms with van der Waals surface area (Å²) in [5.74, 6) is -1.59. The van der Waals surface area contributed by atoms with Gasteiger partial charge < -0.3 is 14.2 Å². The Morgan fingerprint density at radius 3 is 2.39 bits per heavy atom. The van der Waals surface area contributed by atoms with Crippen LogP contribution in [0, 0.1) is 5.82 Å². The normalized spacial score (nSPS) is 12.2. The summed E-state index contributed by atoms with van der Waals surface area (Å²) in [6.07, 6.45) is -5.24. The number of hydrogen-bond acceptors (Lipinski definition) is 6. The van der Waals surface area contributed by atoms with Gasteiger partial charge in [0, 0.05) is 24.7 Å². The highest BCUT2D eigenvalue weighted by Crippen LogP contribution is 2.32. The minimum Gasteiger partial charge on any atom is -0.487 e. The number of carbonyl (C=O) groups excluding carboxylic acids is 1. The molecule has 0 aliphatic heterocycles. The molecule has 0 bridgehead atoms. The molecule has 1 aromatic heterocycles. The molecule has 0 saturated heterocycles. The Morgan fingerprint density at radius 2 is 1.79 bits per heavy atom. The highest BCUT2D eigenvalue weighted by Gasteiger charge is 2.35. The fraction of sp³-hybridized carbons (Fsp3) is 0.320.